The van der Waals surface area contributed by atoms with Crippen molar-refractivity contribution in [3.05, 3.63) is 54.7 Å². The molecule has 0 aliphatic rings. The van der Waals surface area contributed by atoms with Crippen molar-refractivity contribution < 1.29 is 14.5 Å². The van der Waals surface area contributed by atoms with Crippen LogP contribution in [0.4, 0.5) is 5.69 Å². The van der Waals surface area contributed by atoms with Crippen LogP contribution in [0.25, 0.3) is 0 Å². The molecule has 21 heavy (non-hydrogen) atoms. The summed E-state index contributed by atoms with van der Waals surface area (Å²) in [7, 11) is 0. The highest BCUT2D eigenvalue weighted by Gasteiger charge is 2.21. The Bertz CT molecular complexity index is 701. The molecule has 5 nitrogen and oxygen atoms in total. The molecule has 0 spiro atoms. The number of hydrogen-bond acceptors (Lipinski definition) is 5. The van der Waals surface area contributed by atoms with E-state index < -0.39 is 11.0 Å². The first-order valence-corrected chi connectivity index (χ1v) is 7.36. The normalized spacial score (nSPS) is 12.0. The second-order valence-corrected chi connectivity index (χ2v) is 6.22. The van der Waals surface area contributed by atoms with Crippen LogP contribution in [0.2, 0.25) is 9.36 Å². The molecule has 0 saturated carbocycles. The minimum Gasteiger partial charge on any atom is -0.481 e. The number of benzene rings is 1. The number of ether oxygens (including phenoxy) is 1. The smallest absolute Gasteiger partial charge is 0.273 e. The van der Waals surface area contributed by atoms with E-state index in [1.165, 1.54) is 18.2 Å². The number of thiophene rings is 1. The van der Waals surface area contributed by atoms with Crippen molar-refractivity contribution in [2.75, 3.05) is 0 Å². The Morgan fingerprint density at radius 3 is 2.62 bits per heavy atom. The molecule has 1 heterocycles. The SMILES string of the molecule is CC(Oc1cc([N+](=O)[O-])ccc1Cl)C(=O)c1ccc(Cl)s1. The van der Waals surface area contributed by atoms with Crippen LogP contribution in [0, 0.1) is 10.1 Å². The third-order valence-electron chi connectivity index (χ3n) is 2.61. The lowest BCUT2D eigenvalue weighted by atomic mass is 10.2. The Labute approximate surface area is 134 Å². The number of hydrogen-bond donors (Lipinski definition) is 0. The first-order valence-electron chi connectivity index (χ1n) is 5.78. The van der Waals surface area contributed by atoms with Crippen molar-refractivity contribution in [2.45, 2.75) is 13.0 Å². The largest absolute Gasteiger partial charge is 0.481 e. The third kappa shape index (κ3) is 3.72. The summed E-state index contributed by atoms with van der Waals surface area (Å²) < 4.78 is 5.94. The molecule has 110 valence electrons. The van der Waals surface area contributed by atoms with E-state index >= 15 is 0 Å². The topological polar surface area (TPSA) is 69.4 Å². The third-order valence-corrected chi connectivity index (χ3v) is 4.17. The van der Waals surface area contributed by atoms with Gasteiger partial charge in [0, 0.05) is 6.07 Å². The van der Waals surface area contributed by atoms with E-state index in [2.05, 4.69) is 0 Å². The molecule has 2 rings (SSSR count). The average Bonchev–Trinajstić information content (AvgIpc) is 2.86. The zero-order chi connectivity index (χ0) is 15.6. The number of non-ortho nitro benzene ring substituents is 1. The van der Waals surface area contributed by atoms with Crippen LogP contribution >= 0.6 is 34.5 Å². The summed E-state index contributed by atoms with van der Waals surface area (Å²) in [6.07, 6.45) is -0.834. The van der Waals surface area contributed by atoms with E-state index in [-0.39, 0.29) is 22.2 Å². The molecule has 1 aromatic carbocycles. The van der Waals surface area contributed by atoms with Crippen LogP contribution in [0.15, 0.2) is 30.3 Å². The highest BCUT2D eigenvalue weighted by atomic mass is 35.5. The molecule has 0 radical (unpaired) electrons. The average molecular weight is 346 g/mol. The molecule has 0 bridgehead atoms. The van der Waals surface area contributed by atoms with Gasteiger partial charge < -0.3 is 4.74 Å². The van der Waals surface area contributed by atoms with Gasteiger partial charge in [-0.1, -0.05) is 23.2 Å². The zero-order valence-electron chi connectivity index (χ0n) is 10.7. The second kappa shape index (κ2) is 6.43. The zero-order valence-corrected chi connectivity index (χ0v) is 13.0. The molecular weight excluding hydrogens is 337 g/mol. The maximum absolute atomic E-state index is 12.1. The van der Waals surface area contributed by atoms with Crippen LogP contribution in [0.5, 0.6) is 5.75 Å². The number of nitro groups is 1. The molecule has 8 heteroatoms. The summed E-state index contributed by atoms with van der Waals surface area (Å²) in [5.74, 6) is -0.177. The van der Waals surface area contributed by atoms with Gasteiger partial charge in [-0.05, 0) is 25.1 Å². The van der Waals surface area contributed by atoms with Gasteiger partial charge in [0.2, 0.25) is 5.78 Å². The Hall–Kier alpha value is -1.63. The molecule has 0 aliphatic carbocycles. The first-order chi connectivity index (χ1) is 9.88. The minimum atomic E-state index is -0.834. The van der Waals surface area contributed by atoms with E-state index in [0.29, 0.717) is 9.21 Å². The Morgan fingerprint density at radius 1 is 1.33 bits per heavy atom. The van der Waals surface area contributed by atoms with Gasteiger partial charge in [0.1, 0.15) is 5.75 Å². The minimum absolute atomic E-state index is 0.0920. The monoisotopic (exact) mass is 345 g/mol. The molecule has 1 atom stereocenters. The van der Waals surface area contributed by atoms with Gasteiger partial charge >= 0.3 is 0 Å². The summed E-state index contributed by atoms with van der Waals surface area (Å²) in [4.78, 5) is 22.8. The van der Waals surface area contributed by atoms with Gasteiger partial charge in [0.25, 0.3) is 5.69 Å². The van der Waals surface area contributed by atoms with Crippen molar-refractivity contribution in [3.63, 3.8) is 0 Å². The summed E-state index contributed by atoms with van der Waals surface area (Å²) in [6, 6.07) is 7.03. The van der Waals surface area contributed by atoms with Gasteiger partial charge in [0.05, 0.1) is 25.2 Å². The number of rotatable bonds is 5. The maximum atomic E-state index is 12.1. The van der Waals surface area contributed by atoms with E-state index in [4.69, 9.17) is 27.9 Å². The predicted octanol–water partition coefficient (Wildman–Crippen LogP) is 4.61. The summed E-state index contributed by atoms with van der Waals surface area (Å²) in [6.45, 7) is 1.55. The van der Waals surface area contributed by atoms with E-state index in [0.717, 1.165) is 11.3 Å². The lowest BCUT2D eigenvalue weighted by molar-refractivity contribution is -0.384. The Balaban J connectivity index is 2.19. The maximum Gasteiger partial charge on any atom is 0.273 e. The highest BCUT2D eigenvalue weighted by molar-refractivity contribution is 7.18. The number of carbonyl (C=O) groups is 1. The number of carbonyl (C=O) groups excluding carboxylic acids is 1. The fourth-order valence-electron chi connectivity index (χ4n) is 1.59. The summed E-state index contributed by atoms with van der Waals surface area (Å²) >= 11 is 12.8. The number of ketones is 1. The second-order valence-electron chi connectivity index (χ2n) is 4.10. The number of nitrogens with zero attached hydrogens (tertiary/aromatic N) is 1. The lowest BCUT2D eigenvalue weighted by Gasteiger charge is -2.13. The van der Waals surface area contributed by atoms with Crippen molar-refractivity contribution in [2.24, 2.45) is 0 Å². The molecule has 0 fully saturated rings. The van der Waals surface area contributed by atoms with Crippen LogP contribution in [-0.2, 0) is 0 Å². The lowest BCUT2D eigenvalue weighted by Crippen LogP contribution is -2.23. The summed E-state index contributed by atoms with van der Waals surface area (Å²) in [5.41, 5.74) is -0.159. The van der Waals surface area contributed by atoms with Crippen LogP contribution in [0.1, 0.15) is 16.6 Å². The van der Waals surface area contributed by atoms with Gasteiger partial charge in [-0.25, -0.2) is 0 Å². The molecule has 0 amide bonds. The summed E-state index contributed by atoms with van der Waals surface area (Å²) in [5, 5.41) is 10.9. The molecule has 0 saturated heterocycles. The fraction of sp³-hybridized carbons (Fsp3) is 0.154. The standard InChI is InChI=1S/C13H9Cl2NO4S/c1-7(13(17)11-4-5-12(15)21-11)20-10-6-8(16(18)19)2-3-9(10)14/h2-7H,1H3. The van der Waals surface area contributed by atoms with Crippen LogP contribution in [0.3, 0.4) is 0 Å². The number of halogens is 2. The van der Waals surface area contributed by atoms with Gasteiger partial charge in [-0.15, -0.1) is 11.3 Å². The highest BCUT2D eigenvalue weighted by Crippen LogP contribution is 2.30. The van der Waals surface area contributed by atoms with Crippen LogP contribution in [-0.4, -0.2) is 16.8 Å². The molecule has 0 N–H and O–H groups in total. The Morgan fingerprint density at radius 2 is 2.05 bits per heavy atom. The molecular formula is C13H9Cl2NO4S. The fourth-order valence-corrected chi connectivity index (χ4v) is 2.81. The Kier molecular flexibility index (Phi) is 4.82. The first kappa shape index (κ1) is 15.8. The van der Waals surface area contributed by atoms with Crippen molar-refractivity contribution >= 4 is 46.0 Å². The van der Waals surface area contributed by atoms with Crippen molar-refractivity contribution in [1.82, 2.24) is 0 Å². The van der Waals surface area contributed by atoms with E-state index in [1.54, 1.807) is 19.1 Å². The van der Waals surface area contributed by atoms with Gasteiger partial charge in [-0.2, -0.15) is 0 Å². The van der Waals surface area contributed by atoms with Crippen molar-refractivity contribution in [3.8, 4) is 5.75 Å². The van der Waals surface area contributed by atoms with Crippen LogP contribution < -0.4 is 4.74 Å². The number of nitro benzene ring substituents is 1. The quantitative estimate of drug-likeness (QED) is 0.450. The van der Waals surface area contributed by atoms with E-state index in [9.17, 15) is 14.9 Å². The molecule has 0 aliphatic heterocycles. The van der Waals surface area contributed by atoms with Gasteiger partial charge in [-0.3, -0.25) is 14.9 Å². The van der Waals surface area contributed by atoms with Crippen molar-refractivity contribution in [1.29, 1.82) is 0 Å². The molecule has 1 aromatic heterocycles. The predicted molar refractivity (Wildman–Crippen MR) is 81.9 cm³/mol. The van der Waals surface area contributed by atoms with Gasteiger partial charge in [0.15, 0.2) is 6.10 Å². The van der Waals surface area contributed by atoms with E-state index in [1.807, 2.05) is 0 Å². The number of Topliss-reactive ketones (excluding diaryl/α,β-unsaturated/α-hetero) is 1. The molecule has 2 aromatic rings. The molecule has 1 unspecified atom stereocenters.